The molecule has 0 unspecified atom stereocenters. The quantitative estimate of drug-likeness (QED) is 0.590. The summed E-state index contributed by atoms with van der Waals surface area (Å²) in [5.74, 6) is 0.784. The molecule has 4 heterocycles. The molecule has 2 aliphatic rings. The number of nitrogens with one attached hydrogen (secondary N) is 1. The molecule has 180 valence electrons. The topological polar surface area (TPSA) is 116 Å². The lowest BCUT2D eigenvalue weighted by Crippen LogP contribution is -2.38. The number of carbonyl (C=O) groups is 2. The molecule has 2 aromatic heterocycles. The molecule has 0 bridgehead atoms. The third-order valence-corrected chi connectivity index (χ3v) is 6.74. The molecule has 2 amide bonds. The zero-order valence-electron chi connectivity index (χ0n) is 19.6. The van der Waals surface area contributed by atoms with Gasteiger partial charge in [0.05, 0.1) is 17.5 Å². The SMILES string of the molecule is Cc1cccc(C(=O)N2CCCC2)c1NC(=O)C1CCN(c2oc(-c3ccco3)nc2C#N)CC1. The Morgan fingerprint density at radius 3 is 2.57 bits per heavy atom. The molecule has 9 heteroatoms. The molecule has 2 saturated heterocycles. The predicted octanol–water partition coefficient (Wildman–Crippen LogP) is 4.21. The number of oxazole rings is 1. The van der Waals surface area contributed by atoms with Crippen LogP contribution in [0.15, 0.2) is 45.4 Å². The number of furan rings is 1. The van der Waals surface area contributed by atoms with Crippen LogP contribution in [0, 0.1) is 24.2 Å². The molecule has 1 aromatic carbocycles. The molecule has 35 heavy (non-hydrogen) atoms. The average molecular weight is 474 g/mol. The van der Waals surface area contributed by atoms with Crippen molar-refractivity contribution in [3.63, 3.8) is 0 Å². The summed E-state index contributed by atoms with van der Waals surface area (Å²) in [5.41, 5.74) is 2.21. The van der Waals surface area contributed by atoms with E-state index in [-0.39, 0.29) is 29.3 Å². The van der Waals surface area contributed by atoms with Crippen LogP contribution in [0.3, 0.4) is 0 Å². The largest absolute Gasteiger partial charge is 0.459 e. The van der Waals surface area contributed by atoms with Gasteiger partial charge in [0, 0.05) is 32.1 Å². The van der Waals surface area contributed by atoms with Gasteiger partial charge in [-0.25, -0.2) is 0 Å². The first kappa shape index (κ1) is 22.7. The number of para-hydroxylation sites is 1. The van der Waals surface area contributed by atoms with Crippen LogP contribution < -0.4 is 10.2 Å². The Kier molecular flexibility index (Phi) is 6.27. The van der Waals surface area contributed by atoms with E-state index < -0.39 is 0 Å². The van der Waals surface area contributed by atoms with Gasteiger partial charge in [-0.05, 0) is 56.4 Å². The highest BCUT2D eigenvalue weighted by Gasteiger charge is 2.31. The van der Waals surface area contributed by atoms with Gasteiger partial charge in [0.1, 0.15) is 6.07 Å². The third-order valence-electron chi connectivity index (χ3n) is 6.74. The van der Waals surface area contributed by atoms with Gasteiger partial charge in [0.2, 0.25) is 17.5 Å². The molecular weight excluding hydrogens is 446 g/mol. The second-order valence-electron chi connectivity index (χ2n) is 9.01. The van der Waals surface area contributed by atoms with E-state index in [0.717, 1.165) is 31.5 Å². The molecule has 0 saturated carbocycles. The summed E-state index contributed by atoms with van der Waals surface area (Å²) in [6, 6.07) is 11.1. The fraction of sp³-hybridized carbons (Fsp3) is 0.385. The van der Waals surface area contributed by atoms with Crippen molar-refractivity contribution in [1.29, 1.82) is 5.26 Å². The summed E-state index contributed by atoms with van der Waals surface area (Å²) in [7, 11) is 0. The van der Waals surface area contributed by atoms with Gasteiger partial charge in [-0.1, -0.05) is 12.1 Å². The first-order chi connectivity index (χ1) is 17.0. The highest BCUT2D eigenvalue weighted by Crippen LogP contribution is 2.32. The number of anilines is 2. The molecular formula is C26H27N5O4. The minimum atomic E-state index is -0.210. The molecule has 9 nitrogen and oxygen atoms in total. The number of benzene rings is 1. The number of likely N-dealkylation sites (tertiary alicyclic amines) is 1. The number of hydrogen-bond acceptors (Lipinski definition) is 7. The predicted molar refractivity (Wildman–Crippen MR) is 129 cm³/mol. The van der Waals surface area contributed by atoms with Crippen molar-refractivity contribution >= 4 is 23.4 Å². The van der Waals surface area contributed by atoms with Gasteiger partial charge >= 0.3 is 0 Å². The second-order valence-corrected chi connectivity index (χ2v) is 9.01. The van der Waals surface area contributed by atoms with E-state index in [1.165, 1.54) is 6.26 Å². The van der Waals surface area contributed by atoms with E-state index in [0.29, 0.717) is 48.8 Å². The van der Waals surface area contributed by atoms with Crippen LogP contribution in [0.5, 0.6) is 0 Å². The molecule has 3 aromatic rings. The standard InChI is InChI=1S/C26H27N5O4/c1-17-6-4-7-19(25(33)30-11-2-3-12-30)22(17)29-23(32)18-9-13-31(14-10-18)26-20(16-27)28-24(35-26)21-8-5-15-34-21/h4-8,15,18H,2-3,9-14H2,1H3,(H,29,32). The Hall–Kier alpha value is -4.06. The summed E-state index contributed by atoms with van der Waals surface area (Å²) >= 11 is 0. The minimum absolute atomic E-state index is 0.0296. The Balaban J connectivity index is 1.26. The van der Waals surface area contributed by atoms with Gasteiger partial charge in [-0.3, -0.25) is 9.59 Å². The number of aromatic nitrogens is 1. The fourth-order valence-corrected chi connectivity index (χ4v) is 4.78. The van der Waals surface area contributed by atoms with E-state index in [1.807, 2.05) is 28.9 Å². The summed E-state index contributed by atoms with van der Waals surface area (Å²) in [4.78, 5) is 34.3. The molecule has 5 rings (SSSR count). The van der Waals surface area contributed by atoms with Crippen LogP contribution >= 0.6 is 0 Å². The van der Waals surface area contributed by atoms with Gasteiger partial charge in [0.25, 0.3) is 11.8 Å². The van der Waals surface area contributed by atoms with Crippen molar-refractivity contribution in [1.82, 2.24) is 9.88 Å². The minimum Gasteiger partial charge on any atom is -0.459 e. The van der Waals surface area contributed by atoms with Crippen LogP contribution in [0.1, 0.15) is 47.3 Å². The zero-order valence-corrected chi connectivity index (χ0v) is 19.6. The van der Waals surface area contributed by atoms with Crippen molar-refractivity contribution in [3.05, 3.63) is 53.4 Å². The van der Waals surface area contributed by atoms with Gasteiger partial charge in [-0.2, -0.15) is 10.2 Å². The lowest BCUT2D eigenvalue weighted by molar-refractivity contribution is -0.120. The Bertz CT molecular complexity index is 1260. The lowest BCUT2D eigenvalue weighted by atomic mass is 9.95. The van der Waals surface area contributed by atoms with E-state index in [1.54, 1.807) is 18.2 Å². The summed E-state index contributed by atoms with van der Waals surface area (Å²) < 4.78 is 11.2. The number of aryl methyl sites for hydroxylation is 1. The maximum atomic E-state index is 13.2. The maximum absolute atomic E-state index is 13.2. The van der Waals surface area contributed by atoms with Crippen LogP contribution in [0.2, 0.25) is 0 Å². The van der Waals surface area contributed by atoms with Crippen LogP contribution in [0.4, 0.5) is 11.6 Å². The van der Waals surface area contributed by atoms with Gasteiger partial charge < -0.3 is 24.0 Å². The second kappa shape index (κ2) is 9.66. The lowest BCUT2D eigenvalue weighted by Gasteiger charge is -2.31. The van der Waals surface area contributed by atoms with Crippen LogP contribution in [-0.2, 0) is 4.79 Å². The Morgan fingerprint density at radius 1 is 1.11 bits per heavy atom. The number of carbonyl (C=O) groups excluding carboxylic acids is 2. The molecule has 1 N–H and O–H groups in total. The summed E-state index contributed by atoms with van der Waals surface area (Å²) in [6.45, 7) is 4.52. The number of rotatable bonds is 5. The smallest absolute Gasteiger partial charge is 0.266 e. The first-order valence-corrected chi connectivity index (χ1v) is 11.9. The number of nitrogens with zero attached hydrogens (tertiary/aromatic N) is 4. The molecule has 0 atom stereocenters. The number of nitriles is 1. The summed E-state index contributed by atoms with van der Waals surface area (Å²) in [5, 5.41) is 12.6. The van der Waals surface area contributed by atoms with E-state index in [2.05, 4.69) is 16.4 Å². The molecule has 0 radical (unpaired) electrons. The third kappa shape index (κ3) is 4.52. The van der Waals surface area contributed by atoms with Crippen molar-refractivity contribution < 1.29 is 18.4 Å². The maximum Gasteiger partial charge on any atom is 0.266 e. The van der Waals surface area contributed by atoms with Crippen molar-refractivity contribution in [3.8, 4) is 17.7 Å². The van der Waals surface area contributed by atoms with E-state index in [4.69, 9.17) is 8.83 Å². The molecule has 0 spiro atoms. The van der Waals surface area contributed by atoms with E-state index >= 15 is 0 Å². The van der Waals surface area contributed by atoms with Crippen molar-refractivity contribution in [2.24, 2.45) is 5.92 Å². The normalized spacial score (nSPS) is 16.3. The molecule has 2 aliphatic heterocycles. The van der Waals surface area contributed by atoms with E-state index in [9.17, 15) is 14.9 Å². The fourth-order valence-electron chi connectivity index (χ4n) is 4.78. The van der Waals surface area contributed by atoms with Crippen molar-refractivity contribution in [2.75, 3.05) is 36.4 Å². The first-order valence-electron chi connectivity index (χ1n) is 11.9. The average Bonchev–Trinajstić information content (AvgIpc) is 3.66. The zero-order chi connectivity index (χ0) is 24.4. The number of hydrogen-bond donors (Lipinski definition) is 1. The highest BCUT2D eigenvalue weighted by atomic mass is 16.4. The highest BCUT2D eigenvalue weighted by molar-refractivity contribution is 6.05. The van der Waals surface area contributed by atoms with Gasteiger partial charge in [0.15, 0.2) is 5.76 Å². The number of piperidine rings is 1. The van der Waals surface area contributed by atoms with Crippen LogP contribution in [-0.4, -0.2) is 47.9 Å². The van der Waals surface area contributed by atoms with Gasteiger partial charge in [-0.15, -0.1) is 0 Å². The molecule has 0 aliphatic carbocycles. The summed E-state index contributed by atoms with van der Waals surface area (Å²) in [6.07, 6.45) is 4.73. The monoisotopic (exact) mass is 473 g/mol. The molecule has 2 fully saturated rings. The van der Waals surface area contributed by atoms with Crippen molar-refractivity contribution in [2.45, 2.75) is 32.6 Å². The number of amides is 2. The Morgan fingerprint density at radius 2 is 1.89 bits per heavy atom. The Labute approximate surface area is 203 Å². The van der Waals surface area contributed by atoms with Crippen LogP contribution in [0.25, 0.3) is 11.7 Å².